The average molecular weight is 698 g/mol. The first-order chi connectivity index (χ1) is 27.1. The first-order valence-corrected chi connectivity index (χ1v) is 19.0. The monoisotopic (exact) mass is 697 g/mol. The van der Waals surface area contributed by atoms with Gasteiger partial charge in [-0.1, -0.05) is 152 Å². The number of pyridine rings is 1. The minimum absolute atomic E-state index is 1.02. The zero-order valence-corrected chi connectivity index (χ0v) is 30.4. The Morgan fingerprint density at radius 1 is 0.309 bits per heavy atom. The van der Waals surface area contributed by atoms with E-state index < -0.39 is 0 Å². The second-order valence-electron chi connectivity index (χ2n) is 14.8. The van der Waals surface area contributed by atoms with Gasteiger partial charge in [0.1, 0.15) is 0 Å². The number of aryl methyl sites for hydroxylation is 1. The Labute approximate surface area is 319 Å². The highest BCUT2D eigenvalue weighted by molar-refractivity contribution is 6.21. The molecule has 0 saturated carbocycles. The van der Waals surface area contributed by atoms with Gasteiger partial charge in [-0.15, -0.1) is 0 Å². The first kappa shape index (κ1) is 31.4. The maximum Gasteiger partial charge on any atom is 0.0702 e. The normalized spacial score (nSPS) is 11.7. The third kappa shape index (κ3) is 5.28. The van der Waals surface area contributed by atoms with Gasteiger partial charge >= 0.3 is 0 Å². The molecular formula is C54H35N. The van der Waals surface area contributed by atoms with Crippen LogP contribution < -0.4 is 0 Å². The van der Waals surface area contributed by atoms with E-state index >= 15 is 0 Å². The molecule has 0 aliphatic rings. The van der Waals surface area contributed by atoms with Gasteiger partial charge in [0, 0.05) is 11.6 Å². The van der Waals surface area contributed by atoms with E-state index in [2.05, 4.69) is 194 Å². The van der Waals surface area contributed by atoms with Crippen molar-refractivity contribution in [3.63, 3.8) is 0 Å². The lowest BCUT2D eigenvalue weighted by Crippen LogP contribution is -1.89. The molecule has 0 unspecified atom stereocenters. The van der Waals surface area contributed by atoms with Crippen molar-refractivity contribution < 1.29 is 0 Å². The van der Waals surface area contributed by atoms with Gasteiger partial charge in [0.15, 0.2) is 0 Å². The molecular weight excluding hydrogens is 663 g/mol. The minimum atomic E-state index is 1.02. The number of benzene rings is 10. The highest BCUT2D eigenvalue weighted by Crippen LogP contribution is 2.42. The molecule has 11 aromatic rings. The Morgan fingerprint density at radius 2 is 0.764 bits per heavy atom. The highest BCUT2D eigenvalue weighted by atomic mass is 14.6. The van der Waals surface area contributed by atoms with Crippen LogP contribution in [0.1, 0.15) is 5.56 Å². The molecule has 0 aliphatic heterocycles. The second-order valence-corrected chi connectivity index (χ2v) is 14.8. The molecule has 1 aromatic heterocycles. The fraction of sp³-hybridized carbons (Fsp3) is 0.0185. The number of rotatable bonds is 4. The van der Waals surface area contributed by atoms with Crippen molar-refractivity contribution in [1.29, 1.82) is 0 Å². The van der Waals surface area contributed by atoms with Gasteiger partial charge in [-0.3, -0.25) is 4.98 Å². The smallest absolute Gasteiger partial charge is 0.0702 e. The van der Waals surface area contributed by atoms with Crippen LogP contribution in [0.3, 0.4) is 0 Å². The lowest BCUT2D eigenvalue weighted by atomic mass is 9.88. The summed E-state index contributed by atoms with van der Waals surface area (Å²) in [5.41, 5.74) is 12.2. The highest BCUT2D eigenvalue weighted by Gasteiger charge is 2.14. The van der Waals surface area contributed by atoms with Crippen molar-refractivity contribution in [2.45, 2.75) is 6.92 Å². The van der Waals surface area contributed by atoms with Gasteiger partial charge in [-0.05, 0) is 147 Å². The molecule has 11 rings (SSSR count). The van der Waals surface area contributed by atoms with Crippen LogP contribution in [0.4, 0.5) is 0 Å². The Hall–Kier alpha value is -7.09. The van der Waals surface area contributed by atoms with Crippen molar-refractivity contribution in [2.75, 3.05) is 0 Å². The number of hydrogen-bond donors (Lipinski definition) is 0. The molecule has 256 valence electrons. The first-order valence-electron chi connectivity index (χ1n) is 19.0. The topological polar surface area (TPSA) is 12.9 Å². The van der Waals surface area contributed by atoms with Crippen molar-refractivity contribution in [3.05, 3.63) is 200 Å². The Kier molecular flexibility index (Phi) is 7.15. The largest absolute Gasteiger partial charge is 0.256 e. The van der Waals surface area contributed by atoms with Crippen molar-refractivity contribution >= 4 is 64.8 Å². The maximum absolute atomic E-state index is 4.47. The summed E-state index contributed by atoms with van der Waals surface area (Å²) < 4.78 is 0. The van der Waals surface area contributed by atoms with Crippen molar-refractivity contribution in [1.82, 2.24) is 4.98 Å². The van der Waals surface area contributed by atoms with Crippen LogP contribution in [0, 0.1) is 6.92 Å². The summed E-state index contributed by atoms with van der Waals surface area (Å²) in [4.78, 5) is 4.47. The summed E-state index contributed by atoms with van der Waals surface area (Å²) in [6, 6.07) is 69.3. The van der Waals surface area contributed by atoms with Gasteiger partial charge in [0.2, 0.25) is 0 Å². The molecule has 0 radical (unpaired) electrons. The quantitative estimate of drug-likeness (QED) is 0.167. The fourth-order valence-electron chi connectivity index (χ4n) is 8.80. The molecule has 0 aliphatic carbocycles. The number of aromatic nitrogens is 1. The molecule has 10 aromatic carbocycles. The van der Waals surface area contributed by atoms with E-state index in [4.69, 9.17) is 0 Å². The van der Waals surface area contributed by atoms with Crippen LogP contribution in [-0.2, 0) is 0 Å². The number of nitrogens with zero attached hydrogens (tertiary/aromatic N) is 1. The molecule has 0 bridgehead atoms. The van der Waals surface area contributed by atoms with Gasteiger partial charge in [0.25, 0.3) is 0 Å². The molecule has 0 amide bonds. The van der Waals surface area contributed by atoms with Gasteiger partial charge < -0.3 is 0 Å². The van der Waals surface area contributed by atoms with Crippen molar-refractivity contribution in [3.8, 4) is 44.5 Å². The molecule has 1 nitrogen and oxygen atoms in total. The molecule has 1 heteroatoms. The molecule has 0 fully saturated rings. The fourth-order valence-corrected chi connectivity index (χ4v) is 8.80. The lowest BCUT2D eigenvalue weighted by molar-refractivity contribution is 1.41. The van der Waals surface area contributed by atoms with E-state index in [0.717, 1.165) is 10.9 Å². The molecule has 0 atom stereocenters. The summed E-state index contributed by atoms with van der Waals surface area (Å²) in [7, 11) is 0. The zero-order valence-electron chi connectivity index (χ0n) is 30.4. The standard InChI is InChI=1S/C54H35N/c1-34-6-2-7-37-17-18-39-9-4-12-50(54(39)52(34)37)49-11-3-8-38-19-24-46-32-45(25-27-48(46)53(38)49)44-23-22-42-30-40(20-21-43(42)31-44)35-13-15-36(16-14-35)41-26-28-51-47(33-41)10-5-29-55-51/h2-33H,1H3. The number of fused-ring (bicyclic) bond motifs is 8. The van der Waals surface area contributed by atoms with Crippen LogP contribution >= 0.6 is 0 Å². The van der Waals surface area contributed by atoms with E-state index in [1.54, 1.807) is 0 Å². The Bertz CT molecular complexity index is 3320. The predicted octanol–water partition coefficient (Wildman–Crippen LogP) is 15.0. The van der Waals surface area contributed by atoms with E-state index in [-0.39, 0.29) is 0 Å². The van der Waals surface area contributed by atoms with Crippen LogP contribution in [0.5, 0.6) is 0 Å². The Morgan fingerprint density at radius 3 is 1.45 bits per heavy atom. The maximum atomic E-state index is 4.47. The van der Waals surface area contributed by atoms with Gasteiger partial charge in [0.05, 0.1) is 5.52 Å². The number of hydrogen-bond acceptors (Lipinski definition) is 1. The third-order valence-corrected chi connectivity index (χ3v) is 11.6. The lowest BCUT2D eigenvalue weighted by Gasteiger charge is -2.16. The van der Waals surface area contributed by atoms with Crippen LogP contribution in [0.15, 0.2) is 194 Å². The van der Waals surface area contributed by atoms with E-state index in [1.165, 1.54) is 104 Å². The molecule has 0 saturated heterocycles. The molecule has 0 spiro atoms. The van der Waals surface area contributed by atoms with Gasteiger partial charge in [-0.2, -0.15) is 0 Å². The molecule has 1 heterocycles. The van der Waals surface area contributed by atoms with Gasteiger partial charge in [-0.25, -0.2) is 0 Å². The van der Waals surface area contributed by atoms with Crippen LogP contribution in [0.2, 0.25) is 0 Å². The van der Waals surface area contributed by atoms with Crippen molar-refractivity contribution in [2.24, 2.45) is 0 Å². The summed E-state index contributed by atoms with van der Waals surface area (Å²) in [6.45, 7) is 2.23. The van der Waals surface area contributed by atoms with Crippen LogP contribution in [-0.4, -0.2) is 4.98 Å². The average Bonchev–Trinajstić information content (AvgIpc) is 3.25. The second kappa shape index (κ2) is 12.5. The predicted molar refractivity (Wildman–Crippen MR) is 236 cm³/mol. The summed E-state index contributed by atoms with van der Waals surface area (Å²) >= 11 is 0. The third-order valence-electron chi connectivity index (χ3n) is 11.6. The Balaban J connectivity index is 0.950. The SMILES string of the molecule is Cc1cccc2ccc3cccc(-c4cccc5ccc6cc(-c7ccc8cc(-c9ccc(-c%10ccc%11ncccc%11c%10)cc9)ccc8c7)ccc6c45)c3c12. The van der Waals surface area contributed by atoms with E-state index in [1.807, 2.05) is 12.3 Å². The van der Waals surface area contributed by atoms with Crippen LogP contribution in [0.25, 0.3) is 109 Å². The zero-order chi connectivity index (χ0) is 36.5. The summed E-state index contributed by atoms with van der Waals surface area (Å²) in [5.74, 6) is 0. The molecule has 0 N–H and O–H groups in total. The van der Waals surface area contributed by atoms with E-state index in [9.17, 15) is 0 Å². The summed E-state index contributed by atoms with van der Waals surface area (Å²) in [6.07, 6.45) is 1.84. The molecule has 55 heavy (non-hydrogen) atoms. The van der Waals surface area contributed by atoms with E-state index in [0.29, 0.717) is 0 Å². The summed E-state index contributed by atoms with van der Waals surface area (Å²) in [5, 5.41) is 13.9. The minimum Gasteiger partial charge on any atom is -0.256 e.